The van der Waals surface area contributed by atoms with Crippen LogP contribution < -0.4 is 0 Å². The van der Waals surface area contributed by atoms with Gasteiger partial charge >= 0.3 is 8.25 Å². The van der Waals surface area contributed by atoms with E-state index >= 15 is 0 Å². The van der Waals surface area contributed by atoms with Gasteiger partial charge in [-0.2, -0.15) is 0 Å². The highest BCUT2D eigenvalue weighted by atomic mass is 31.1. The Balaban J connectivity index is 1.56. The van der Waals surface area contributed by atoms with E-state index in [9.17, 15) is 14.2 Å². The quantitative estimate of drug-likeness (QED) is 0.295. The van der Waals surface area contributed by atoms with Crippen molar-refractivity contribution in [3.63, 3.8) is 0 Å². The number of rotatable bonds is 16. The van der Waals surface area contributed by atoms with Crippen molar-refractivity contribution in [2.45, 2.75) is 52.4 Å². The SMILES string of the molecule is C[C@H](CCCc1ccccc1)C(=O)CO[PH](=O)OCC(=O)[C@H](C)CCCc1ccccc1. The van der Waals surface area contributed by atoms with E-state index in [4.69, 9.17) is 9.05 Å². The summed E-state index contributed by atoms with van der Waals surface area (Å²) in [6, 6.07) is 20.3. The summed E-state index contributed by atoms with van der Waals surface area (Å²) in [7, 11) is -2.86. The summed E-state index contributed by atoms with van der Waals surface area (Å²) in [6.07, 6.45) is 5.14. The zero-order valence-corrected chi connectivity index (χ0v) is 20.1. The molecule has 2 aromatic carbocycles. The molecule has 0 unspecified atom stereocenters. The van der Waals surface area contributed by atoms with Crippen LogP contribution in [0.25, 0.3) is 0 Å². The molecule has 0 heterocycles. The zero-order valence-electron chi connectivity index (χ0n) is 19.1. The van der Waals surface area contributed by atoms with Gasteiger partial charge in [-0.15, -0.1) is 0 Å². The standard InChI is InChI=1S/C26H35O5P/c1-21(11-9-17-23-13-5-3-6-14-23)25(27)19-30-32(29)31-20-26(28)22(2)12-10-18-24-15-7-4-8-16-24/h3-8,13-16,21-22,32H,9-12,17-20H2,1-2H3/t21-,22-/m1/s1. The summed E-state index contributed by atoms with van der Waals surface area (Å²) in [4.78, 5) is 24.4. The molecule has 0 aliphatic rings. The van der Waals surface area contributed by atoms with E-state index in [1.165, 1.54) is 11.1 Å². The Morgan fingerprint density at radius 2 is 1.09 bits per heavy atom. The predicted molar refractivity (Wildman–Crippen MR) is 128 cm³/mol. The van der Waals surface area contributed by atoms with Gasteiger partial charge in [-0.3, -0.25) is 14.2 Å². The largest absolute Gasteiger partial charge is 0.319 e. The van der Waals surface area contributed by atoms with Crippen LogP contribution in [0.15, 0.2) is 60.7 Å². The van der Waals surface area contributed by atoms with Crippen molar-refractivity contribution in [1.82, 2.24) is 0 Å². The number of ketones is 2. The molecule has 0 fully saturated rings. The maximum atomic E-state index is 12.2. The highest BCUT2D eigenvalue weighted by molar-refractivity contribution is 7.33. The van der Waals surface area contributed by atoms with Crippen molar-refractivity contribution in [2.75, 3.05) is 13.2 Å². The number of benzene rings is 2. The normalized spacial score (nSPS) is 13.1. The van der Waals surface area contributed by atoms with Crippen LogP contribution in [0, 0.1) is 11.8 Å². The summed E-state index contributed by atoms with van der Waals surface area (Å²) in [5, 5.41) is 0. The minimum absolute atomic E-state index is 0.0966. The summed E-state index contributed by atoms with van der Waals surface area (Å²) < 4.78 is 22.1. The van der Waals surface area contributed by atoms with E-state index in [0.29, 0.717) is 0 Å². The van der Waals surface area contributed by atoms with Gasteiger partial charge in [-0.1, -0.05) is 74.5 Å². The molecule has 0 amide bonds. The Bertz CT molecular complexity index is 768. The van der Waals surface area contributed by atoms with E-state index in [2.05, 4.69) is 24.3 Å². The summed E-state index contributed by atoms with van der Waals surface area (Å²) in [6.45, 7) is 3.22. The molecule has 0 N–H and O–H groups in total. The van der Waals surface area contributed by atoms with Crippen molar-refractivity contribution >= 4 is 19.8 Å². The van der Waals surface area contributed by atoms with Crippen molar-refractivity contribution in [2.24, 2.45) is 11.8 Å². The van der Waals surface area contributed by atoms with Crippen molar-refractivity contribution in [3.05, 3.63) is 71.8 Å². The molecule has 5 nitrogen and oxygen atoms in total. The number of Topliss-reactive ketones (excluding diaryl/α,β-unsaturated/α-hetero) is 2. The lowest BCUT2D eigenvalue weighted by atomic mass is 9.98. The highest BCUT2D eigenvalue weighted by Gasteiger charge is 2.17. The number of hydrogen-bond donors (Lipinski definition) is 0. The van der Waals surface area contributed by atoms with Gasteiger partial charge in [0.05, 0.1) is 0 Å². The second-order valence-electron chi connectivity index (χ2n) is 8.32. The molecule has 6 heteroatoms. The van der Waals surface area contributed by atoms with Crippen molar-refractivity contribution < 1.29 is 23.2 Å². The Morgan fingerprint density at radius 3 is 1.47 bits per heavy atom. The van der Waals surface area contributed by atoms with Gasteiger partial charge in [0.15, 0.2) is 11.6 Å². The first-order chi connectivity index (χ1) is 15.5. The van der Waals surface area contributed by atoms with Crippen LogP contribution in [0.3, 0.4) is 0 Å². The van der Waals surface area contributed by atoms with Crippen LogP contribution >= 0.6 is 8.25 Å². The second kappa shape index (κ2) is 14.9. The van der Waals surface area contributed by atoms with E-state index < -0.39 is 8.25 Å². The van der Waals surface area contributed by atoms with E-state index in [0.717, 1.165) is 38.5 Å². The molecule has 0 saturated heterocycles. The van der Waals surface area contributed by atoms with Crippen LogP contribution in [0.5, 0.6) is 0 Å². The van der Waals surface area contributed by atoms with Gasteiger partial charge < -0.3 is 9.05 Å². The lowest BCUT2D eigenvalue weighted by Gasteiger charge is -2.12. The zero-order chi connectivity index (χ0) is 23.2. The third-order valence-electron chi connectivity index (χ3n) is 5.65. The summed E-state index contributed by atoms with van der Waals surface area (Å²) >= 11 is 0. The highest BCUT2D eigenvalue weighted by Crippen LogP contribution is 2.25. The molecule has 32 heavy (non-hydrogen) atoms. The summed E-state index contributed by atoms with van der Waals surface area (Å²) in [5.41, 5.74) is 2.50. The van der Waals surface area contributed by atoms with Gasteiger partial charge in [0.2, 0.25) is 0 Å². The first-order valence-electron chi connectivity index (χ1n) is 11.4. The molecule has 0 bridgehead atoms. The first-order valence-corrected chi connectivity index (χ1v) is 12.6. The maximum absolute atomic E-state index is 12.2. The molecule has 0 aliphatic heterocycles. The third kappa shape index (κ3) is 10.5. The minimum atomic E-state index is -2.86. The summed E-state index contributed by atoms with van der Waals surface area (Å²) in [5.74, 6) is -0.527. The molecule has 2 rings (SSSR count). The molecule has 0 radical (unpaired) electrons. The van der Waals surface area contributed by atoms with Gasteiger partial charge in [-0.05, 0) is 49.7 Å². The fraction of sp³-hybridized carbons (Fsp3) is 0.462. The number of aryl methyl sites for hydroxylation is 2. The Kier molecular flexibility index (Phi) is 12.2. The first kappa shape index (κ1) is 26.2. The van der Waals surface area contributed by atoms with Crippen LogP contribution in [-0.2, 0) is 36.0 Å². The fourth-order valence-corrected chi connectivity index (χ4v) is 4.03. The number of carbonyl (C=O) groups excluding carboxylic acids is 2. The topological polar surface area (TPSA) is 69.7 Å². The Labute approximate surface area is 192 Å². The molecular formula is C26H35O5P. The molecular weight excluding hydrogens is 423 g/mol. The average molecular weight is 459 g/mol. The lowest BCUT2D eigenvalue weighted by molar-refractivity contribution is -0.125. The number of hydrogen-bond acceptors (Lipinski definition) is 5. The van der Waals surface area contributed by atoms with Crippen LogP contribution in [0.4, 0.5) is 0 Å². The molecule has 0 spiro atoms. The van der Waals surface area contributed by atoms with Crippen LogP contribution in [0.1, 0.15) is 50.7 Å². The van der Waals surface area contributed by atoms with Gasteiger partial charge in [0.25, 0.3) is 0 Å². The van der Waals surface area contributed by atoms with Gasteiger partial charge in [-0.25, -0.2) is 0 Å². The average Bonchev–Trinajstić information content (AvgIpc) is 2.82. The Morgan fingerprint density at radius 1 is 0.719 bits per heavy atom. The minimum Gasteiger partial charge on any atom is -0.303 e. The van der Waals surface area contributed by atoms with E-state index in [-0.39, 0.29) is 36.6 Å². The molecule has 0 aliphatic carbocycles. The van der Waals surface area contributed by atoms with Crippen LogP contribution in [0.2, 0.25) is 0 Å². The number of carbonyl (C=O) groups is 2. The smallest absolute Gasteiger partial charge is 0.303 e. The second-order valence-corrected chi connectivity index (χ2v) is 9.40. The van der Waals surface area contributed by atoms with E-state index in [1.807, 2.05) is 50.2 Å². The van der Waals surface area contributed by atoms with E-state index in [1.54, 1.807) is 0 Å². The monoisotopic (exact) mass is 458 g/mol. The third-order valence-corrected chi connectivity index (χ3v) is 6.41. The molecule has 2 atom stereocenters. The molecule has 0 saturated carbocycles. The van der Waals surface area contributed by atoms with Crippen molar-refractivity contribution in [3.8, 4) is 0 Å². The fourth-order valence-electron chi connectivity index (χ4n) is 3.42. The predicted octanol–water partition coefficient (Wildman–Crippen LogP) is 5.87. The van der Waals surface area contributed by atoms with Crippen molar-refractivity contribution in [1.29, 1.82) is 0 Å². The maximum Gasteiger partial charge on any atom is 0.319 e. The molecule has 2 aromatic rings. The van der Waals surface area contributed by atoms with Gasteiger partial charge in [0.1, 0.15) is 13.2 Å². The Hall–Kier alpha value is -2.07. The lowest BCUT2D eigenvalue weighted by Crippen LogP contribution is -2.18. The molecule has 174 valence electrons. The van der Waals surface area contributed by atoms with Crippen LogP contribution in [-0.4, -0.2) is 24.8 Å². The molecule has 0 aromatic heterocycles. The van der Waals surface area contributed by atoms with Gasteiger partial charge in [0, 0.05) is 11.8 Å².